The minimum Gasteiger partial charge on any atom is -0.480 e. The first-order valence-corrected chi connectivity index (χ1v) is 6.15. The molecule has 0 unspecified atom stereocenters. The van der Waals surface area contributed by atoms with E-state index in [1.54, 1.807) is 6.92 Å². The lowest BCUT2D eigenvalue weighted by molar-refractivity contribution is -0.384. The highest BCUT2D eigenvalue weighted by atomic mass is 16.6. The number of carboxylic acid groups (broad SMARTS) is 1. The maximum Gasteiger partial charge on any atom is 0.326 e. The molecule has 7 heteroatoms. The van der Waals surface area contributed by atoms with E-state index in [1.165, 1.54) is 18.2 Å². The van der Waals surface area contributed by atoms with Crippen LogP contribution in [0.3, 0.4) is 0 Å². The molecule has 2 atom stereocenters. The Balaban J connectivity index is 2.92. The van der Waals surface area contributed by atoms with E-state index in [0.29, 0.717) is 6.42 Å². The molecule has 2 N–H and O–H groups in total. The van der Waals surface area contributed by atoms with Gasteiger partial charge in [0.1, 0.15) is 6.04 Å². The zero-order valence-electron chi connectivity index (χ0n) is 11.2. The van der Waals surface area contributed by atoms with E-state index in [9.17, 15) is 19.7 Å². The van der Waals surface area contributed by atoms with E-state index < -0.39 is 22.8 Å². The van der Waals surface area contributed by atoms with Gasteiger partial charge in [0, 0.05) is 17.7 Å². The van der Waals surface area contributed by atoms with Crippen LogP contribution in [0.25, 0.3) is 0 Å². The number of carbonyl (C=O) groups excluding carboxylic acids is 1. The standard InChI is InChI=1S/C13H16N2O5/c1-3-8(2)11(13(17)18)14-12(16)9-5-4-6-10(7-9)15(19)20/h4-8,11H,3H2,1-2H3,(H,14,16)(H,17,18)/t8-,11+/m1/s1. The van der Waals surface area contributed by atoms with Crippen LogP contribution in [0.5, 0.6) is 0 Å². The maximum absolute atomic E-state index is 12.0. The third kappa shape index (κ3) is 3.78. The minimum absolute atomic E-state index is 0.0637. The number of carbonyl (C=O) groups is 2. The molecule has 7 nitrogen and oxygen atoms in total. The summed E-state index contributed by atoms with van der Waals surface area (Å²) in [6.45, 7) is 3.53. The molecule has 1 rings (SSSR count). The molecule has 0 saturated heterocycles. The highest BCUT2D eigenvalue weighted by Crippen LogP contribution is 2.14. The van der Waals surface area contributed by atoms with Gasteiger partial charge in [-0.3, -0.25) is 14.9 Å². The molecule has 20 heavy (non-hydrogen) atoms. The quantitative estimate of drug-likeness (QED) is 0.610. The lowest BCUT2D eigenvalue weighted by Crippen LogP contribution is -2.45. The zero-order valence-corrected chi connectivity index (χ0v) is 11.2. The van der Waals surface area contributed by atoms with Crippen LogP contribution in [0.1, 0.15) is 30.6 Å². The van der Waals surface area contributed by atoms with Crippen molar-refractivity contribution in [1.82, 2.24) is 5.32 Å². The monoisotopic (exact) mass is 280 g/mol. The van der Waals surface area contributed by atoms with Crippen molar-refractivity contribution in [2.45, 2.75) is 26.3 Å². The molecular formula is C13H16N2O5. The first kappa shape index (κ1) is 15.6. The van der Waals surface area contributed by atoms with Crippen molar-refractivity contribution in [2.24, 2.45) is 5.92 Å². The molecule has 0 fully saturated rings. The fraction of sp³-hybridized carbons (Fsp3) is 0.385. The van der Waals surface area contributed by atoms with Crippen molar-refractivity contribution in [3.8, 4) is 0 Å². The first-order valence-electron chi connectivity index (χ1n) is 6.15. The molecule has 0 aromatic heterocycles. The topological polar surface area (TPSA) is 110 Å². The molecule has 1 aromatic rings. The first-order chi connectivity index (χ1) is 9.36. The van der Waals surface area contributed by atoms with E-state index in [2.05, 4.69) is 5.32 Å². The highest BCUT2D eigenvalue weighted by molar-refractivity contribution is 5.97. The predicted octanol–water partition coefficient (Wildman–Crippen LogP) is 1.82. The minimum atomic E-state index is -1.13. The van der Waals surface area contributed by atoms with Gasteiger partial charge in [0.15, 0.2) is 0 Å². The lowest BCUT2D eigenvalue weighted by Gasteiger charge is -2.20. The number of non-ortho nitro benzene ring substituents is 1. The molecule has 0 saturated carbocycles. The van der Waals surface area contributed by atoms with Gasteiger partial charge in [0.05, 0.1) is 4.92 Å². The summed E-state index contributed by atoms with van der Waals surface area (Å²) in [6.07, 6.45) is 0.589. The molecule has 1 amide bonds. The third-order valence-corrected chi connectivity index (χ3v) is 3.08. The molecule has 0 aliphatic heterocycles. The summed E-state index contributed by atoms with van der Waals surface area (Å²) in [5.74, 6) is -2.00. The van der Waals surface area contributed by atoms with E-state index in [-0.39, 0.29) is 17.2 Å². The Bertz CT molecular complexity index is 529. The van der Waals surface area contributed by atoms with Crippen molar-refractivity contribution in [2.75, 3.05) is 0 Å². The molecule has 1 aromatic carbocycles. The van der Waals surface area contributed by atoms with Gasteiger partial charge in [-0.15, -0.1) is 0 Å². The summed E-state index contributed by atoms with van der Waals surface area (Å²) >= 11 is 0. The number of nitrogens with one attached hydrogen (secondary N) is 1. The van der Waals surface area contributed by atoms with Crippen LogP contribution in [0.15, 0.2) is 24.3 Å². The second kappa shape index (κ2) is 6.65. The van der Waals surface area contributed by atoms with Crippen LogP contribution < -0.4 is 5.32 Å². The summed E-state index contributed by atoms with van der Waals surface area (Å²) in [4.78, 5) is 33.1. The smallest absolute Gasteiger partial charge is 0.326 e. The summed E-state index contributed by atoms with van der Waals surface area (Å²) in [6, 6.07) is 4.14. The van der Waals surface area contributed by atoms with Crippen molar-refractivity contribution in [1.29, 1.82) is 0 Å². The Morgan fingerprint density at radius 3 is 2.60 bits per heavy atom. The van der Waals surface area contributed by atoms with E-state index in [4.69, 9.17) is 5.11 Å². The number of nitrogens with zero attached hydrogens (tertiary/aromatic N) is 1. The van der Waals surface area contributed by atoms with Gasteiger partial charge in [-0.05, 0) is 12.0 Å². The Morgan fingerprint density at radius 2 is 2.10 bits per heavy atom. The van der Waals surface area contributed by atoms with Crippen molar-refractivity contribution >= 4 is 17.6 Å². The number of amides is 1. The van der Waals surface area contributed by atoms with E-state index in [1.807, 2.05) is 6.92 Å². The highest BCUT2D eigenvalue weighted by Gasteiger charge is 2.26. The van der Waals surface area contributed by atoms with Crippen molar-refractivity contribution < 1.29 is 19.6 Å². The van der Waals surface area contributed by atoms with Gasteiger partial charge in [-0.25, -0.2) is 4.79 Å². The fourth-order valence-corrected chi connectivity index (χ4v) is 1.67. The number of carboxylic acids is 1. The summed E-state index contributed by atoms with van der Waals surface area (Å²) < 4.78 is 0. The van der Waals surface area contributed by atoms with E-state index >= 15 is 0 Å². The Hall–Kier alpha value is -2.44. The van der Waals surface area contributed by atoms with Gasteiger partial charge in [0.25, 0.3) is 11.6 Å². The van der Waals surface area contributed by atoms with Gasteiger partial charge in [-0.2, -0.15) is 0 Å². The van der Waals surface area contributed by atoms with Gasteiger partial charge >= 0.3 is 5.97 Å². The molecule has 0 heterocycles. The molecule has 108 valence electrons. The van der Waals surface area contributed by atoms with Crippen molar-refractivity contribution in [3.05, 3.63) is 39.9 Å². The normalized spacial score (nSPS) is 13.3. The molecular weight excluding hydrogens is 264 g/mol. The van der Waals surface area contributed by atoms with Crippen molar-refractivity contribution in [3.63, 3.8) is 0 Å². The molecule has 0 aliphatic carbocycles. The summed E-state index contributed by atoms with van der Waals surface area (Å²) in [5.41, 5.74) is -0.151. The second-order valence-corrected chi connectivity index (χ2v) is 4.48. The average molecular weight is 280 g/mol. The zero-order chi connectivity index (χ0) is 15.3. The van der Waals surface area contributed by atoms with Gasteiger partial charge < -0.3 is 10.4 Å². The number of nitro groups is 1. The Morgan fingerprint density at radius 1 is 1.45 bits per heavy atom. The molecule has 0 spiro atoms. The number of nitro benzene ring substituents is 1. The van der Waals surface area contributed by atoms with Gasteiger partial charge in [0.2, 0.25) is 0 Å². The van der Waals surface area contributed by atoms with Crippen LogP contribution in [0.2, 0.25) is 0 Å². The summed E-state index contributed by atoms with van der Waals surface area (Å²) in [7, 11) is 0. The molecule has 0 bridgehead atoms. The fourth-order valence-electron chi connectivity index (χ4n) is 1.67. The predicted molar refractivity (Wildman–Crippen MR) is 71.4 cm³/mol. The van der Waals surface area contributed by atoms with Crippen LogP contribution in [0, 0.1) is 16.0 Å². The van der Waals surface area contributed by atoms with Crippen LogP contribution in [0.4, 0.5) is 5.69 Å². The molecule has 0 aliphatic rings. The number of hydrogen-bond acceptors (Lipinski definition) is 4. The largest absolute Gasteiger partial charge is 0.480 e. The van der Waals surface area contributed by atoms with E-state index in [0.717, 1.165) is 6.07 Å². The average Bonchev–Trinajstić information content (AvgIpc) is 2.43. The second-order valence-electron chi connectivity index (χ2n) is 4.48. The summed E-state index contributed by atoms with van der Waals surface area (Å²) in [5, 5.41) is 22.1. The Kier molecular flexibility index (Phi) is 5.19. The number of aliphatic carboxylic acids is 1. The van der Waals surface area contributed by atoms with Crippen LogP contribution in [-0.4, -0.2) is 27.9 Å². The number of hydrogen-bond donors (Lipinski definition) is 2. The Labute approximate surface area is 115 Å². The van der Waals surface area contributed by atoms with Crippen LogP contribution >= 0.6 is 0 Å². The third-order valence-electron chi connectivity index (χ3n) is 3.08. The number of rotatable bonds is 6. The maximum atomic E-state index is 12.0. The lowest BCUT2D eigenvalue weighted by atomic mass is 9.99. The molecule has 0 radical (unpaired) electrons. The SMILES string of the molecule is CC[C@@H](C)[C@H](NC(=O)c1cccc([N+](=O)[O-])c1)C(=O)O. The number of benzene rings is 1. The van der Waals surface area contributed by atoms with Gasteiger partial charge in [-0.1, -0.05) is 26.3 Å². The van der Waals surface area contributed by atoms with Crippen LogP contribution in [-0.2, 0) is 4.79 Å².